The number of aromatic nitrogens is 1. The first kappa shape index (κ1) is 15.0. The van der Waals surface area contributed by atoms with E-state index in [1.807, 2.05) is 0 Å². The molecule has 1 aromatic carbocycles. The van der Waals surface area contributed by atoms with Crippen LogP contribution >= 0.6 is 11.3 Å². The number of aromatic carboxylic acids is 1. The molecule has 0 unspecified atom stereocenters. The first-order valence-electron chi connectivity index (χ1n) is 6.18. The topological polar surface area (TPSA) is 102 Å². The number of aryl methyl sites for hydroxylation is 1. The predicted molar refractivity (Wildman–Crippen MR) is 74.8 cm³/mol. The molecular formula is C14H13N2O4S-. The number of rotatable bonds is 5. The van der Waals surface area contributed by atoms with Gasteiger partial charge in [-0.15, -0.1) is 11.3 Å². The van der Waals surface area contributed by atoms with Crippen LogP contribution in [0.3, 0.4) is 0 Å². The Hall–Kier alpha value is -2.41. The molecule has 2 rings (SSSR count). The van der Waals surface area contributed by atoms with Crippen LogP contribution in [0.25, 0.3) is 0 Å². The molecule has 1 aromatic heterocycles. The molecule has 0 saturated carbocycles. The highest BCUT2D eigenvalue weighted by Gasteiger charge is 2.11. The van der Waals surface area contributed by atoms with Gasteiger partial charge in [-0.1, -0.05) is 12.1 Å². The summed E-state index contributed by atoms with van der Waals surface area (Å²) in [5, 5.41) is 23.1. The normalized spacial score (nSPS) is 10.3. The van der Waals surface area contributed by atoms with Gasteiger partial charge in [0.2, 0.25) is 5.91 Å². The van der Waals surface area contributed by atoms with E-state index in [0.717, 1.165) is 16.9 Å². The summed E-state index contributed by atoms with van der Waals surface area (Å²) in [4.78, 5) is 26.7. The van der Waals surface area contributed by atoms with Crippen LogP contribution < -0.4 is 10.4 Å². The number of nitrogens with zero attached hydrogens (tertiary/aromatic N) is 1. The first-order valence-corrected chi connectivity index (χ1v) is 6.99. The number of hydrogen-bond donors (Lipinski definition) is 2. The number of carbonyl (C=O) groups excluding carboxylic acids is 2. The molecule has 1 heterocycles. The lowest BCUT2D eigenvalue weighted by atomic mass is 10.2. The third kappa shape index (κ3) is 4.03. The molecule has 0 fully saturated rings. The summed E-state index contributed by atoms with van der Waals surface area (Å²) in [6, 6.07) is 6.49. The Labute approximate surface area is 125 Å². The van der Waals surface area contributed by atoms with E-state index in [4.69, 9.17) is 5.11 Å². The van der Waals surface area contributed by atoms with Crippen LogP contribution in [0.1, 0.15) is 25.9 Å². The Kier molecular flexibility index (Phi) is 4.54. The number of amides is 1. The molecule has 0 aliphatic rings. The lowest BCUT2D eigenvalue weighted by Crippen LogP contribution is -2.24. The average molecular weight is 305 g/mol. The van der Waals surface area contributed by atoms with E-state index in [2.05, 4.69) is 10.3 Å². The van der Waals surface area contributed by atoms with Gasteiger partial charge in [0.05, 0.1) is 23.0 Å². The van der Waals surface area contributed by atoms with Crippen molar-refractivity contribution in [1.82, 2.24) is 10.3 Å². The number of carboxylic acid groups (broad SMARTS) is 1. The maximum absolute atomic E-state index is 11.8. The standard InChI is InChI=1S/C14H14N2O4S/c1-8-13(14(19)20)21-12(16-8)6-11(18)15-7-9-2-4-10(17)5-3-9/h2-5,17H,6-7H2,1H3,(H,15,18)(H,19,20)/p-1. The molecule has 0 atom stereocenters. The summed E-state index contributed by atoms with van der Waals surface area (Å²) < 4.78 is 0. The number of benzene rings is 1. The van der Waals surface area contributed by atoms with E-state index in [-0.39, 0.29) is 23.0 Å². The minimum atomic E-state index is -1.28. The third-order valence-electron chi connectivity index (χ3n) is 2.76. The third-order valence-corrected chi connectivity index (χ3v) is 3.90. The van der Waals surface area contributed by atoms with Gasteiger partial charge in [-0.3, -0.25) is 4.79 Å². The number of carbonyl (C=O) groups is 2. The van der Waals surface area contributed by atoms with Crippen LogP contribution in [0, 0.1) is 6.92 Å². The molecular weight excluding hydrogens is 292 g/mol. The summed E-state index contributed by atoms with van der Waals surface area (Å²) >= 11 is 0.953. The summed E-state index contributed by atoms with van der Waals surface area (Å²) in [6.07, 6.45) is 0.0247. The number of phenols is 1. The van der Waals surface area contributed by atoms with Crippen LogP contribution in [-0.4, -0.2) is 22.0 Å². The number of thiazole rings is 1. The van der Waals surface area contributed by atoms with E-state index in [1.54, 1.807) is 19.1 Å². The molecule has 110 valence electrons. The number of carboxylic acids is 1. The Bertz CT molecular complexity index is 664. The number of aromatic hydroxyl groups is 1. The zero-order chi connectivity index (χ0) is 15.4. The monoisotopic (exact) mass is 305 g/mol. The van der Waals surface area contributed by atoms with E-state index in [1.165, 1.54) is 12.1 Å². The second-order valence-electron chi connectivity index (χ2n) is 4.43. The van der Waals surface area contributed by atoms with Gasteiger partial charge in [-0.25, -0.2) is 4.98 Å². The van der Waals surface area contributed by atoms with Gasteiger partial charge in [0.25, 0.3) is 0 Å². The van der Waals surface area contributed by atoms with Crippen LogP contribution in [0.5, 0.6) is 5.75 Å². The Morgan fingerprint density at radius 2 is 2.00 bits per heavy atom. The molecule has 6 nitrogen and oxygen atoms in total. The quantitative estimate of drug-likeness (QED) is 0.831. The van der Waals surface area contributed by atoms with E-state index >= 15 is 0 Å². The molecule has 21 heavy (non-hydrogen) atoms. The first-order chi connectivity index (χ1) is 9.95. The molecule has 0 aliphatic heterocycles. The summed E-state index contributed by atoms with van der Waals surface area (Å²) in [7, 11) is 0. The maximum atomic E-state index is 11.8. The molecule has 7 heteroatoms. The Morgan fingerprint density at radius 3 is 2.57 bits per heavy atom. The van der Waals surface area contributed by atoms with Gasteiger partial charge in [-0.05, 0) is 24.6 Å². The van der Waals surface area contributed by atoms with Crippen molar-refractivity contribution in [1.29, 1.82) is 0 Å². The van der Waals surface area contributed by atoms with Gasteiger partial charge < -0.3 is 20.3 Å². The van der Waals surface area contributed by atoms with Gasteiger partial charge in [0.15, 0.2) is 0 Å². The Morgan fingerprint density at radius 1 is 1.33 bits per heavy atom. The summed E-state index contributed by atoms with van der Waals surface area (Å²) in [5.74, 6) is -1.36. The second-order valence-corrected chi connectivity index (χ2v) is 5.51. The van der Waals surface area contributed by atoms with Crippen molar-refractivity contribution >= 4 is 23.2 Å². The van der Waals surface area contributed by atoms with Crippen molar-refractivity contribution in [3.63, 3.8) is 0 Å². The smallest absolute Gasteiger partial charge is 0.227 e. The second kappa shape index (κ2) is 6.36. The van der Waals surface area contributed by atoms with Crippen LogP contribution in [-0.2, 0) is 17.8 Å². The van der Waals surface area contributed by atoms with Gasteiger partial charge >= 0.3 is 0 Å². The number of hydrogen-bond acceptors (Lipinski definition) is 6. The molecule has 0 aliphatic carbocycles. The zero-order valence-electron chi connectivity index (χ0n) is 11.3. The molecule has 0 bridgehead atoms. The van der Waals surface area contributed by atoms with Gasteiger partial charge in [0, 0.05) is 6.54 Å². The molecule has 2 N–H and O–H groups in total. The number of phenolic OH excluding ortho intramolecular Hbond substituents is 1. The van der Waals surface area contributed by atoms with E-state index in [9.17, 15) is 14.7 Å². The van der Waals surface area contributed by atoms with Crippen LogP contribution in [0.2, 0.25) is 0 Å². The fourth-order valence-corrected chi connectivity index (χ4v) is 2.63. The van der Waals surface area contributed by atoms with E-state index in [0.29, 0.717) is 17.2 Å². The number of nitrogens with one attached hydrogen (secondary N) is 1. The van der Waals surface area contributed by atoms with Crippen molar-refractivity contribution in [3.8, 4) is 5.75 Å². The largest absolute Gasteiger partial charge is 0.544 e. The minimum absolute atomic E-state index is 0.0247. The van der Waals surface area contributed by atoms with Crippen molar-refractivity contribution in [2.24, 2.45) is 0 Å². The maximum Gasteiger partial charge on any atom is 0.227 e. The summed E-state index contributed by atoms with van der Waals surface area (Å²) in [5.41, 5.74) is 1.22. The molecule has 0 saturated heterocycles. The SMILES string of the molecule is Cc1nc(CC(=O)NCc2ccc(O)cc2)sc1C(=O)[O-]. The lowest BCUT2D eigenvalue weighted by molar-refractivity contribution is -0.254. The highest BCUT2D eigenvalue weighted by atomic mass is 32.1. The van der Waals surface area contributed by atoms with E-state index < -0.39 is 5.97 Å². The minimum Gasteiger partial charge on any atom is -0.544 e. The predicted octanol–water partition coefficient (Wildman–Crippen LogP) is 0.380. The molecule has 2 aromatic rings. The molecule has 1 amide bonds. The average Bonchev–Trinajstić information content (AvgIpc) is 2.79. The highest BCUT2D eigenvalue weighted by Crippen LogP contribution is 2.17. The van der Waals surface area contributed by atoms with Crippen molar-refractivity contribution in [2.75, 3.05) is 0 Å². The van der Waals surface area contributed by atoms with Gasteiger partial charge in [0.1, 0.15) is 10.8 Å². The van der Waals surface area contributed by atoms with Crippen LogP contribution in [0.15, 0.2) is 24.3 Å². The fourth-order valence-electron chi connectivity index (χ4n) is 1.73. The van der Waals surface area contributed by atoms with Gasteiger partial charge in [-0.2, -0.15) is 0 Å². The fraction of sp³-hybridized carbons (Fsp3) is 0.214. The van der Waals surface area contributed by atoms with Crippen LogP contribution in [0.4, 0.5) is 0 Å². The highest BCUT2D eigenvalue weighted by molar-refractivity contribution is 7.13. The summed E-state index contributed by atoms with van der Waals surface area (Å²) in [6.45, 7) is 1.90. The molecule has 0 spiro atoms. The molecule has 0 radical (unpaired) electrons. The van der Waals surface area contributed by atoms with Crippen molar-refractivity contribution in [2.45, 2.75) is 19.9 Å². The Balaban J connectivity index is 1.91. The van der Waals surface area contributed by atoms with Crippen molar-refractivity contribution in [3.05, 3.63) is 45.4 Å². The zero-order valence-corrected chi connectivity index (χ0v) is 12.1. The lowest BCUT2D eigenvalue weighted by Gasteiger charge is -2.04. The van der Waals surface area contributed by atoms with Crippen molar-refractivity contribution < 1.29 is 19.8 Å².